The van der Waals surface area contributed by atoms with E-state index in [4.69, 9.17) is 0 Å². The fraction of sp³-hybridized carbons (Fsp3) is 0.368. The number of amides is 1. The molecule has 2 aliphatic rings. The predicted octanol–water partition coefficient (Wildman–Crippen LogP) is 3.34. The summed E-state index contributed by atoms with van der Waals surface area (Å²) in [5.74, 6) is 0.351. The number of hydrogen-bond acceptors (Lipinski definition) is 2. The summed E-state index contributed by atoms with van der Waals surface area (Å²) < 4.78 is 0. The third-order valence-corrected chi connectivity index (χ3v) is 5.36. The molecule has 1 aromatic carbocycles. The largest absolute Gasteiger partial charge is 0.314 e. The minimum atomic E-state index is 0.0996. The molecule has 0 unspecified atom stereocenters. The molecule has 0 aliphatic heterocycles. The Hall–Kier alpha value is -2.16. The Bertz CT molecular complexity index is 712. The number of carbonyl (C=O) groups excluding carboxylic acids is 1. The molecule has 0 bridgehead atoms. The van der Waals surface area contributed by atoms with Crippen molar-refractivity contribution in [3.8, 4) is 0 Å². The summed E-state index contributed by atoms with van der Waals surface area (Å²) in [6, 6.07) is 12.5. The summed E-state index contributed by atoms with van der Waals surface area (Å²) in [4.78, 5) is 18.8. The summed E-state index contributed by atoms with van der Waals surface area (Å²) in [5, 5.41) is 0. The third kappa shape index (κ3) is 1.96. The van der Waals surface area contributed by atoms with Crippen LogP contribution in [0.2, 0.25) is 0 Å². The first-order valence-electron chi connectivity index (χ1n) is 7.98. The molecule has 0 N–H and O–H groups in total. The van der Waals surface area contributed by atoms with Gasteiger partial charge in [0, 0.05) is 24.6 Å². The molecule has 1 aromatic heterocycles. The molecule has 2 aliphatic carbocycles. The van der Waals surface area contributed by atoms with Gasteiger partial charge in [-0.3, -0.25) is 9.78 Å². The number of carbonyl (C=O) groups is 1. The first-order chi connectivity index (χ1) is 10.7. The predicted molar refractivity (Wildman–Crippen MR) is 86.8 cm³/mol. The summed E-state index contributed by atoms with van der Waals surface area (Å²) >= 11 is 0. The van der Waals surface area contributed by atoms with Crippen LogP contribution in [0.4, 0.5) is 5.69 Å². The Morgan fingerprint density at radius 1 is 1.27 bits per heavy atom. The SMILES string of the molecule is CN(C(=O)[C@@H]1C[C@@]12CCCc1ccccc12)c1cccnc1. The van der Waals surface area contributed by atoms with Crippen molar-refractivity contribution in [1.29, 1.82) is 0 Å². The fourth-order valence-electron chi connectivity index (χ4n) is 4.07. The number of anilines is 1. The van der Waals surface area contributed by atoms with Gasteiger partial charge in [-0.1, -0.05) is 24.3 Å². The van der Waals surface area contributed by atoms with Gasteiger partial charge >= 0.3 is 0 Å². The Kier molecular flexibility index (Phi) is 3.03. The number of benzene rings is 1. The summed E-state index contributed by atoms with van der Waals surface area (Å²) in [5.41, 5.74) is 3.83. The summed E-state index contributed by atoms with van der Waals surface area (Å²) in [7, 11) is 1.86. The molecule has 0 radical (unpaired) electrons. The zero-order valence-electron chi connectivity index (χ0n) is 12.8. The van der Waals surface area contributed by atoms with Gasteiger partial charge < -0.3 is 4.90 Å². The van der Waals surface area contributed by atoms with E-state index in [1.807, 2.05) is 19.2 Å². The lowest BCUT2D eigenvalue weighted by Gasteiger charge is -2.27. The van der Waals surface area contributed by atoms with Gasteiger partial charge in [-0.05, 0) is 48.9 Å². The van der Waals surface area contributed by atoms with Crippen molar-refractivity contribution in [2.24, 2.45) is 5.92 Å². The maximum Gasteiger partial charge on any atom is 0.230 e. The molecule has 22 heavy (non-hydrogen) atoms. The Labute approximate surface area is 131 Å². The molecular weight excluding hydrogens is 272 g/mol. The molecule has 1 saturated carbocycles. The molecule has 1 spiro atoms. The molecule has 1 fully saturated rings. The average molecular weight is 292 g/mol. The van der Waals surface area contributed by atoms with E-state index in [9.17, 15) is 4.79 Å². The van der Waals surface area contributed by atoms with Crippen LogP contribution in [-0.4, -0.2) is 17.9 Å². The van der Waals surface area contributed by atoms with E-state index in [0.717, 1.165) is 24.9 Å². The molecule has 3 nitrogen and oxygen atoms in total. The molecule has 1 heterocycles. The first kappa shape index (κ1) is 13.5. The highest BCUT2D eigenvalue weighted by atomic mass is 16.2. The molecule has 4 rings (SSSR count). The molecular formula is C19H20N2O. The van der Waals surface area contributed by atoms with Crippen LogP contribution in [0.3, 0.4) is 0 Å². The lowest BCUT2D eigenvalue weighted by atomic mass is 9.78. The molecule has 2 aromatic rings. The number of hydrogen-bond donors (Lipinski definition) is 0. The van der Waals surface area contributed by atoms with E-state index in [0.29, 0.717) is 0 Å². The van der Waals surface area contributed by atoms with E-state index < -0.39 is 0 Å². The molecule has 1 amide bonds. The van der Waals surface area contributed by atoms with Crippen LogP contribution in [0, 0.1) is 5.92 Å². The van der Waals surface area contributed by atoms with Crippen LogP contribution in [0.1, 0.15) is 30.4 Å². The van der Waals surface area contributed by atoms with Crippen LogP contribution in [0.5, 0.6) is 0 Å². The maximum absolute atomic E-state index is 12.9. The normalized spacial score (nSPS) is 25.6. The van der Waals surface area contributed by atoms with Gasteiger partial charge in [0.2, 0.25) is 5.91 Å². The third-order valence-electron chi connectivity index (χ3n) is 5.36. The summed E-state index contributed by atoms with van der Waals surface area (Å²) in [6.07, 6.45) is 7.96. The quantitative estimate of drug-likeness (QED) is 0.850. The number of rotatable bonds is 2. The highest BCUT2D eigenvalue weighted by Gasteiger charge is 2.60. The van der Waals surface area contributed by atoms with Crippen molar-refractivity contribution in [2.45, 2.75) is 31.1 Å². The number of pyridine rings is 1. The van der Waals surface area contributed by atoms with Gasteiger partial charge in [0.15, 0.2) is 0 Å². The highest BCUT2D eigenvalue weighted by molar-refractivity contribution is 5.97. The van der Waals surface area contributed by atoms with Crippen molar-refractivity contribution in [2.75, 3.05) is 11.9 Å². The number of aryl methyl sites for hydroxylation is 1. The number of fused-ring (bicyclic) bond motifs is 2. The van der Waals surface area contributed by atoms with Crippen LogP contribution < -0.4 is 4.90 Å². The van der Waals surface area contributed by atoms with E-state index in [2.05, 4.69) is 29.2 Å². The van der Waals surface area contributed by atoms with Crippen LogP contribution in [0.15, 0.2) is 48.8 Å². The van der Waals surface area contributed by atoms with Crippen molar-refractivity contribution in [3.63, 3.8) is 0 Å². The van der Waals surface area contributed by atoms with Crippen molar-refractivity contribution < 1.29 is 4.79 Å². The molecule has 2 atom stereocenters. The minimum Gasteiger partial charge on any atom is -0.314 e. The summed E-state index contributed by atoms with van der Waals surface area (Å²) in [6.45, 7) is 0. The first-order valence-corrected chi connectivity index (χ1v) is 7.98. The van der Waals surface area contributed by atoms with Gasteiger partial charge in [0.25, 0.3) is 0 Å². The Balaban J connectivity index is 1.61. The van der Waals surface area contributed by atoms with E-state index >= 15 is 0 Å². The van der Waals surface area contributed by atoms with Gasteiger partial charge in [0.05, 0.1) is 11.9 Å². The topological polar surface area (TPSA) is 33.2 Å². The van der Waals surface area contributed by atoms with E-state index in [1.165, 1.54) is 17.5 Å². The van der Waals surface area contributed by atoms with Crippen molar-refractivity contribution in [3.05, 3.63) is 59.9 Å². The highest BCUT2D eigenvalue weighted by Crippen LogP contribution is 2.60. The van der Waals surface area contributed by atoms with E-state index in [1.54, 1.807) is 17.3 Å². The number of nitrogens with zero attached hydrogens (tertiary/aromatic N) is 2. The van der Waals surface area contributed by atoms with Crippen molar-refractivity contribution in [1.82, 2.24) is 4.98 Å². The standard InChI is InChI=1S/C19H20N2O/c1-21(15-8-5-11-20-13-15)18(22)17-12-19(17)10-4-7-14-6-2-3-9-16(14)19/h2-3,5-6,8-9,11,13,17H,4,7,10,12H2,1H3/t17-,19+/m0/s1. The molecule has 112 valence electrons. The zero-order valence-corrected chi connectivity index (χ0v) is 12.8. The second kappa shape index (κ2) is 4.94. The van der Waals surface area contributed by atoms with Crippen LogP contribution in [0.25, 0.3) is 0 Å². The molecule has 0 saturated heterocycles. The van der Waals surface area contributed by atoms with Crippen LogP contribution >= 0.6 is 0 Å². The van der Waals surface area contributed by atoms with Crippen molar-refractivity contribution >= 4 is 11.6 Å². The van der Waals surface area contributed by atoms with Gasteiger partial charge in [-0.2, -0.15) is 0 Å². The Morgan fingerprint density at radius 2 is 2.14 bits per heavy atom. The lowest BCUT2D eigenvalue weighted by molar-refractivity contribution is -0.120. The van der Waals surface area contributed by atoms with Gasteiger partial charge in [-0.25, -0.2) is 0 Å². The molecule has 3 heteroatoms. The maximum atomic E-state index is 12.9. The fourth-order valence-corrected chi connectivity index (χ4v) is 4.07. The zero-order chi connectivity index (χ0) is 15.2. The average Bonchev–Trinajstić information content (AvgIpc) is 3.29. The smallest absolute Gasteiger partial charge is 0.230 e. The van der Waals surface area contributed by atoms with E-state index in [-0.39, 0.29) is 17.2 Å². The number of aromatic nitrogens is 1. The monoisotopic (exact) mass is 292 g/mol. The second-order valence-corrected chi connectivity index (χ2v) is 6.53. The van der Waals surface area contributed by atoms with Gasteiger partial charge in [0.1, 0.15) is 0 Å². The Morgan fingerprint density at radius 3 is 2.95 bits per heavy atom. The lowest BCUT2D eigenvalue weighted by Crippen LogP contribution is -2.32. The minimum absolute atomic E-state index is 0.0996. The van der Waals surface area contributed by atoms with Gasteiger partial charge in [-0.15, -0.1) is 0 Å². The van der Waals surface area contributed by atoms with Crippen LogP contribution in [-0.2, 0) is 16.6 Å². The second-order valence-electron chi connectivity index (χ2n) is 6.53.